The molecule has 7 fully saturated rings. The Hall–Kier alpha value is -2.25. The average Bonchev–Trinajstić information content (AvgIpc) is 3.29. The first-order valence-corrected chi connectivity index (χ1v) is 24.9. The molecule has 5 aliphatic carbocycles. The molecule has 20 heteroatoms. The summed E-state index contributed by atoms with van der Waals surface area (Å²) in [7, 11) is 0. The van der Waals surface area contributed by atoms with Crippen molar-refractivity contribution in [3.8, 4) is 0 Å². The van der Waals surface area contributed by atoms with Crippen molar-refractivity contribution in [2.24, 2.45) is 50.2 Å². The third kappa shape index (κ3) is 8.55. The fraction of sp³-hybridized carbons (Fsp3) is 0.898. The largest absolute Gasteiger partial charge is 0.480 e. The maximum Gasteiger partial charge on any atom is 0.322 e. The summed E-state index contributed by atoms with van der Waals surface area (Å²) in [6, 6.07) is 0. The van der Waals surface area contributed by atoms with Crippen LogP contribution in [-0.4, -0.2) is 187 Å². The number of carbonyl (C=O) groups excluding carboxylic acids is 2. The van der Waals surface area contributed by atoms with Crippen molar-refractivity contribution in [1.82, 2.24) is 5.32 Å². The summed E-state index contributed by atoms with van der Waals surface area (Å²) in [4.78, 5) is 40.9. The van der Waals surface area contributed by atoms with Crippen LogP contribution in [0.25, 0.3) is 0 Å². The Kier molecular flexibility index (Phi) is 14.5. The van der Waals surface area contributed by atoms with Crippen molar-refractivity contribution in [2.45, 2.75) is 198 Å². The van der Waals surface area contributed by atoms with Gasteiger partial charge in [-0.25, -0.2) is 0 Å². The Morgan fingerprint density at radius 3 is 2.06 bits per heavy atom. The second-order valence-electron chi connectivity index (χ2n) is 23.6. The summed E-state index contributed by atoms with van der Waals surface area (Å²) < 4.78 is 36.4. The lowest BCUT2D eigenvalue weighted by molar-refractivity contribution is -0.381. The Balaban J connectivity index is 1.07. The maximum atomic E-state index is 15.2. The number of carboxylic acid groups (broad SMARTS) is 1. The highest BCUT2D eigenvalue weighted by atomic mass is 16.8. The first kappa shape index (κ1) is 53.1. The van der Waals surface area contributed by atoms with E-state index in [9.17, 15) is 60.7 Å². The van der Waals surface area contributed by atoms with Gasteiger partial charge in [0.05, 0.1) is 37.4 Å². The number of rotatable bonds is 11. The summed E-state index contributed by atoms with van der Waals surface area (Å²) in [5.74, 6) is -2.41. The van der Waals surface area contributed by atoms with Gasteiger partial charge in [0.15, 0.2) is 24.7 Å². The van der Waals surface area contributed by atoms with Crippen LogP contribution in [0.2, 0.25) is 0 Å². The molecular weight excluding hydrogens is 907 g/mol. The molecule has 0 spiro atoms. The molecule has 0 aromatic rings. The molecule has 0 aromatic heterocycles. The predicted molar refractivity (Wildman–Crippen MR) is 238 cm³/mol. The monoisotopic (exact) mass is 984 g/mol. The average molecular weight is 984 g/mol. The molecule has 3 aliphatic heterocycles. The van der Waals surface area contributed by atoms with E-state index in [1.54, 1.807) is 0 Å². The molecule has 392 valence electrons. The van der Waals surface area contributed by atoms with Crippen LogP contribution in [0.3, 0.4) is 0 Å². The number of hydrogen-bond acceptors (Lipinski definition) is 18. The Morgan fingerprint density at radius 1 is 0.754 bits per heavy atom. The van der Waals surface area contributed by atoms with Crippen LogP contribution in [0.5, 0.6) is 0 Å². The van der Waals surface area contributed by atoms with Crippen molar-refractivity contribution >= 4 is 17.7 Å². The van der Waals surface area contributed by atoms with Gasteiger partial charge in [0, 0.05) is 11.3 Å². The minimum atomic E-state index is -1.81. The molecule has 3 heterocycles. The summed E-state index contributed by atoms with van der Waals surface area (Å²) in [5, 5.41) is 109. The van der Waals surface area contributed by atoms with Crippen molar-refractivity contribution in [3.05, 3.63) is 11.6 Å². The van der Waals surface area contributed by atoms with E-state index in [1.165, 1.54) is 6.92 Å². The molecule has 20 nitrogen and oxygen atoms in total. The number of ketones is 1. The standard InChI is InChI=1S/C49H77NO19/c1-22-31(56)34(59)36(61)40(65-22)69-38-33(58)27(67-41-37(62)35(60)32(57)26(19-51)66-41)20-64-42(38)68-29-9-10-45(4)28(46(29,5)21-52)8-11-48(7)39(45)25(53)16-23-24-17-44(2,3)12-14-49(24,15-13-47(23,48)6)43(63)50-18-30(54)55/h16,22,24,26-29,31-42,51-52,56-62H,8-15,17-21H2,1-7H3,(H,50,63)(H,54,55)/t22-,24-,26+,27-,28+,29-,31-,32+,33-,34+,35-,36+,37+,38+,39+,40-,41-,42-,45-,46-,47+,48+,49-/m0/s1. The zero-order chi connectivity index (χ0) is 50.6. The minimum Gasteiger partial charge on any atom is -0.480 e. The van der Waals surface area contributed by atoms with Crippen molar-refractivity contribution < 1.29 is 93.9 Å². The number of carboxylic acids is 1. The van der Waals surface area contributed by atoms with Crippen LogP contribution in [-0.2, 0) is 42.8 Å². The van der Waals surface area contributed by atoms with Gasteiger partial charge >= 0.3 is 5.97 Å². The van der Waals surface area contributed by atoms with E-state index in [4.69, 9.17) is 28.4 Å². The predicted octanol–water partition coefficient (Wildman–Crippen LogP) is -0.359. The Labute approximate surface area is 402 Å². The van der Waals surface area contributed by atoms with Gasteiger partial charge in [0.25, 0.3) is 0 Å². The number of nitrogens with one attached hydrogen (secondary N) is 1. The van der Waals surface area contributed by atoms with Crippen molar-refractivity contribution in [1.29, 1.82) is 0 Å². The van der Waals surface area contributed by atoms with E-state index >= 15 is 4.79 Å². The number of amides is 1. The highest BCUT2D eigenvalue weighted by molar-refractivity contribution is 5.96. The van der Waals surface area contributed by atoms with Crippen LogP contribution >= 0.6 is 0 Å². The van der Waals surface area contributed by atoms with E-state index in [-0.39, 0.29) is 35.5 Å². The summed E-state index contributed by atoms with van der Waals surface area (Å²) in [6.07, 6.45) is -15.5. The molecular formula is C49H77NO19. The number of aliphatic hydroxyl groups is 9. The Bertz CT molecular complexity index is 1970. The zero-order valence-electron chi connectivity index (χ0n) is 40.8. The highest BCUT2D eigenvalue weighted by Gasteiger charge is 2.72. The van der Waals surface area contributed by atoms with Crippen LogP contribution in [0.1, 0.15) is 106 Å². The maximum absolute atomic E-state index is 15.2. The van der Waals surface area contributed by atoms with Crippen molar-refractivity contribution in [3.63, 3.8) is 0 Å². The smallest absolute Gasteiger partial charge is 0.322 e. The normalized spacial score (nSPS) is 51.8. The van der Waals surface area contributed by atoms with E-state index in [0.717, 1.165) is 12.0 Å². The van der Waals surface area contributed by atoms with Gasteiger partial charge in [-0.15, -0.1) is 0 Å². The molecule has 4 saturated carbocycles. The van der Waals surface area contributed by atoms with Crippen LogP contribution < -0.4 is 5.32 Å². The molecule has 1 amide bonds. The molecule has 3 saturated heterocycles. The molecule has 23 atom stereocenters. The van der Waals surface area contributed by atoms with Gasteiger partial charge in [-0.05, 0) is 104 Å². The first-order chi connectivity index (χ1) is 32.2. The number of aliphatic hydroxyl groups excluding tert-OH is 9. The topological polar surface area (TPSA) is 321 Å². The number of hydrogen-bond donors (Lipinski definition) is 11. The number of allylic oxidation sites excluding steroid dienone is 2. The van der Waals surface area contributed by atoms with Crippen molar-refractivity contribution in [2.75, 3.05) is 26.4 Å². The number of ether oxygens (including phenoxy) is 6. The lowest BCUT2D eigenvalue weighted by atomic mass is 9.33. The van der Waals surface area contributed by atoms with E-state index in [2.05, 4.69) is 39.9 Å². The van der Waals surface area contributed by atoms with Crippen LogP contribution in [0.4, 0.5) is 0 Å². The van der Waals surface area contributed by atoms with E-state index in [1.807, 2.05) is 13.0 Å². The highest BCUT2D eigenvalue weighted by Crippen LogP contribution is 2.75. The summed E-state index contributed by atoms with van der Waals surface area (Å²) in [6.45, 7) is 12.4. The fourth-order valence-electron chi connectivity index (χ4n) is 15.0. The SMILES string of the molecule is C[C@@H]1O[C@@H](O[C@H]2[C@H](O[C@H]3CC[C@@]4(C)[C@@H](CC[C@]5(C)[C@@H]4C(=O)C=C4[C@@H]6CC(C)(C)CC[C@]6(C(=O)NCC(=O)O)CC[C@]45C)[C@]3(C)CO)OC[C@H](O[C@@H]3O[C@H](CO)[C@@H](O)[C@H](O)[C@H]3O)[C@@H]2O)[C@H](O)[C@H](O)[C@H]1O. The van der Waals surface area contributed by atoms with Crippen LogP contribution in [0.15, 0.2) is 11.6 Å². The van der Waals surface area contributed by atoms with Gasteiger partial charge in [0.2, 0.25) is 5.91 Å². The van der Waals surface area contributed by atoms with Gasteiger partial charge in [0.1, 0.15) is 67.6 Å². The van der Waals surface area contributed by atoms with E-state index < -0.39 is 151 Å². The third-order valence-corrected chi connectivity index (χ3v) is 19.3. The second-order valence-corrected chi connectivity index (χ2v) is 23.6. The lowest BCUT2D eigenvalue weighted by Gasteiger charge is -2.70. The molecule has 69 heavy (non-hydrogen) atoms. The second kappa shape index (κ2) is 18.9. The fourth-order valence-corrected chi connectivity index (χ4v) is 15.0. The van der Waals surface area contributed by atoms with Crippen LogP contribution in [0, 0.1) is 50.2 Å². The minimum absolute atomic E-state index is 0.0211. The quantitative estimate of drug-likeness (QED) is 0.118. The molecule has 8 aliphatic rings. The lowest BCUT2D eigenvalue weighted by Crippen LogP contribution is -2.69. The molecule has 0 unspecified atom stereocenters. The number of fused-ring (bicyclic) bond motifs is 7. The molecule has 11 N–H and O–H groups in total. The number of aliphatic carboxylic acids is 1. The van der Waals surface area contributed by atoms with Gasteiger partial charge in [-0.2, -0.15) is 0 Å². The molecule has 0 bridgehead atoms. The third-order valence-electron chi connectivity index (χ3n) is 19.3. The first-order valence-electron chi connectivity index (χ1n) is 24.9. The Morgan fingerprint density at radius 2 is 1.41 bits per heavy atom. The summed E-state index contributed by atoms with van der Waals surface area (Å²) in [5.41, 5.74) is -2.64. The molecule has 8 rings (SSSR count). The van der Waals surface area contributed by atoms with E-state index in [0.29, 0.717) is 51.4 Å². The molecule has 0 aromatic carbocycles. The van der Waals surface area contributed by atoms with Gasteiger partial charge < -0.3 is 84.8 Å². The number of carbonyl (C=O) groups is 3. The zero-order valence-corrected chi connectivity index (χ0v) is 40.8. The van der Waals surface area contributed by atoms with Gasteiger partial charge in [-0.3, -0.25) is 14.4 Å². The summed E-state index contributed by atoms with van der Waals surface area (Å²) >= 11 is 0. The van der Waals surface area contributed by atoms with Gasteiger partial charge in [-0.1, -0.05) is 47.1 Å². The molecule has 0 radical (unpaired) electrons.